The summed E-state index contributed by atoms with van der Waals surface area (Å²) in [7, 11) is 0. The third-order valence-corrected chi connectivity index (χ3v) is 3.07. The molecule has 0 amide bonds. The average molecular weight is 267 g/mol. The first-order valence-electron chi connectivity index (χ1n) is 6.52. The molecule has 0 aliphatic carbocycles. The number of pyridine rings is 1. The van der Waals surface area contributed by atoms with E-state index in [0.717, 1.165) is 11.3 Å². The fourth-order valence-electron chi connectivity index (χ4n) is 1.93. The minimum atomic E-state index is 0.0664. The van der Waals surface area contributed by atoms with Gasteiger partial charge in [-0.15, -0.1) is 0 Å². The summed E-state index contributed by atoms with van der Waals surface area (Å²) < 4.78 is 5.41. The van der Waals surface area contributed by atoms with Gasteiger partial charge in [0.15, 0.2) is 6.61 Å². The van der Waals surface area contributed by atoms with Crippen molar-refractivity contribution in [3.8, 4) is 11.8 Å². The van der Waals surface area contributed by atoms with Crippen molar-refractivity contribution in [2.45, 2.75) is 19.5 Å². The van der Waals surface area contributed by atoms with E-state index in [1.54, 1.807) is 12.4 Å². The molecule has 0 saturated heterocycles. The molecular formula is C16H17N3O. The highest BCUT2D eigenvalue weighted by atomic mass is 16.5. The number of nitrogens with zero attached hydrogens (tertiary/aromatic N) is 2. The van der Waals surface area contributed by atoms with Crippen LogP contribution in [-0.4, -0.2) is 11.6 Å². The highest BCUT2D eigenvalue weighted by Crippen LogP contribution is 2.19. The summed E-state index contributed by atoms with van der Waals surface area (Å²) in [5.41, 5.74) is 2.24. The van der Waals surface area contributed by atoms with Gasteiger partial charge in [-0.1, -0.05) is 18.2 Å². The lowest BCUT2D eigenvalue weighted by Gasteiger charge is -2.15. The Bertz CT molecular complexity index is 578. The molecule has 20 heavy (non-hydrogen) atoms. The standard InChI is InChI=1S/C16H17N3O/c1-13(14-6-9-18-10-7-14)19-12-15-4-2-3-5-16(15)20-11-8-17/h2-7,9-10,13,19H,11-12H2,1H3/t13-/m1/s1. The molecule has 0 bridgehead atoms. The lowest BCUT2D eigenvalue weighted by Crippen LogP contribution is -2.18. The zero-order chi connectivity index (χ0) is 14.2. The predicted molar refractivity (Wildman–Crippen MR) is 77.0 cm³/mol. The molecule has 0 spiro atoms. The third-order valence-electron chi connectivity index (χ3n) is 3.07. The highest BCUT2D eigenvalue weighted by Gasteiger charge is 2.07. The van der Waals surface area contributed by atoms with Crippen molar-refractivity contribution in [2.75, 3.05) is 6.61 Å². The number of hydrogen-bond donors (Lipinski definition) is 1. The van der Waals surface area contributed by atoms with Gasteiger partial charge in [0, 0.05) is 30.5 Å². The Kier molecular flexibility index (Phi) is 5.10. The van der Waals surface area contributed by atoms with Crippen LogP contribution in [0, 0.1) is 11.3 Å². The van der Waals surface area contributed by atoms with Gasteiger partial charge in [0.2, 0.25) is 0 Å². The van der Waals surface area contributed by atoms with Gasteiger partial charge in [0.05, 0.1) is 0 Å². The van der Waals surface area contributed by atoms with Gasteiger partial charge < -0.3 is 10.1 Å². The largest absolute Gasteiger partial charge is 0.478 e. The number of para-hydroxylation sites is 1. The van der Waals surface area contributed by atoms with Gasteiger partial charge in [-0.3, -0.25) is 4.98 Å². The number of nitriles is 1. The molecule has 0 fully saturated rings. The van der Waals surface area contributed by atoms with E-state index in [-0.39, 0.29) is 12.6 Å². The van der Waals surface area contributed by atoms with E-state index < -0.39 is 0 Å². The van der Waals surface area contributed by atoms with Crippen LogP contribution in [0.4, 0.5) is 0 Å². The van der Waals surface area contributed by atoms with Crippen LogP contribution in [0.1, 0.15) is 24.1 Å². The average Bonchev–Trinajstić information content (AvgIpc) is 2.52. The molecule has 1 N–H and O–H groups in total. The lowest BCUT2D eigenvalue weighted by atomic mass is 10.1. The van der Waals surface area contributed by atoms with Crippen LogP contribution in [0.3, 0.4) is 0 Å². The number of nitrogens with one attached hydrogen (secondary N) is 1. The van der Waals surface area contributed by atoms with Crippen molar-refractivity contribution >= 4 is 0 Å². The smallest absolute Gasteiger partial charge is 0.174 e. The molecule has 0 aliphatic heterocycles. The zero-order valence-corrected chi connectivity index (χ0v) is 11.4. The first-order valence-corrected chi connectivity index (χ1v) is 6.52. The van der Waals surface area contributed by atoms with Gasteiger partial charge in [-0.05, 0) is 30.7 Å². The van der Waals surface area contributed by atoms with Crippen LogP contribution in [0.15, 0.2) is 48.8 Å². The predicted octanol–water partition coefficient (Wildman–Crippen LogP) is 2.83. The van der Waals surface area contributed by atoms with Gasteiger partial charge in [0.1, 0.15) is 11.8 Å². The van der Waals surface area contributed by atoms with Crippen LogP contribution in [-0.2, 0) is 6.54 Å². The van der Waals surface area contributed by atoms with Gasteiger partial charge >= 0.3 is 0 Å². The van der Waals surface area contributed by atoms with Crippen LogP contribution < -0.4 is 10.1 Å². The van der Waals surface area contributed by atoms with E-state index in [0.29, 0.717) is 6.54 Å². The van der Waals surface area contributed by atoms with Crippen molar-refractivity contribution in [1.82, 2.24) is 10.3 Å². The number of aromatic nitrogens is 1. The van der Waals surface area contributed by atoms with Gasteiger partial charge in [-0.2, -0.15) is 5.26 Å². The fourth-order valence-corrected chi connectivity index (χ4v) is 1.93. The van der Waals surface area contributed by atoms with Crippen LogP contribution in [0.25, 0.3) is 0 Å². The molecule has 102 valence electrons. The normalized spacial score (nSPS) is 11.6. The molecule has 4 heteroatoms. The molecule has 2 rings (SSSR count). The minimum Gasteiger partial charge on any atom is -0.478 e. The molecule has 2 aromatic rings. The molecule has 1 heterocycles. The van der Waals surface area contributed by atoms with E-state index in [2.05, 4.69) is 17.2 Å². The van der Waals surface area contributed by atoms with Crippen molar-refractivity contribution in [3.63, 3.8) is 0 Å². The second kappa shape index (κ2) is 7.27. The third kappa shape index (κ3) is 3.81. The summed E-state index contributed by atoms with van der Waals surface area (Å²) >= 11 is 0. The molecule has 0 unspecified atom stereocenters. The monoisotopic (exact) mass is 267 g/mol. The number of benzene rings is 1. The molecule has 1 aromatic heterocycles. The van der Waals surface area contributed by atoms with E-state index in [4.69, 9.17) is 10.00 Å². The molecule has 0 aliphatic rings. The van der Waals surface area contributed by atoms with E-state index in [9.17, 15) is 0 Å². The van der Waals surface area contributed by atoms with Crippen LogP contribution in [0.5, 0.6) is 5.75 Å². The quantitative estimate of drug-likeness (QED) is 0.874. The summed E-state index contributed by atoms with van der Waals surface area (Å²) in [5.74, 6) is 0.753. The summed E-state index contributed by atoms with van der Waals surface area (Å²) in [5, 5.41) is 12.0. The van der Waals surface area contributed by atoms with E-state index in [1.165, 1.54) is 5.56 Å². The molecule has 1 aromatic carbocycles. The maximum Gasteiger partial charge on any atom is 0.174 e. The second-order valence-electron chi connectivity index (χ2n) is 4.44. The van der Waals surface area contributed by atoms with E-state index in [1.807, 2.05) is 42.5 Å². The second-order valence-corrected chi connectivity index (χ2v) is 4.44. The summed E-state index contributed by atoms with van der Waals surface area (Å²) in [6, 6.07) is 14.0. The Labute approximate surface area is 119 Å². The number of hydrogen-bond acceptors (Lipinski definition) is 4. The Balaban J connectivity index is 1.99. The Morgan fingerprint density at radius 1 is 1.25 bits per heavy atom. The fraction of sp³-hybridized carbons (Fsp3) is 0.250. The number of rotatable bonds is 6. The van der Waals surface area contributed by atoms with Gasteiger partial charge in [-0.25, -0.2) is 0 Å². The molecule has 4 nitrogen and oxygen atoms in total. The molecule has 0 saturated carbocycles. The zero-order valence-electron chi connectivity index (χ0n) is 11.4. The van der Waals surface area contributed by atoms with Crippen molar-refractivity contribution < 1.29 is 4.74 Å². The van der Waals surface area contributed by atoms with Gasteiger partial charge in [0.25, 0.3) is 0 Å². The maximum atomic E-state index is 8.59. The molecule has 1 atom stereocenters. The van der Waals surface area contributed by atoms with Crippen molar-refractivity contribution in [1.29, 1.82) is 5.26 Å². The first kappa shape index (κ1) is 14.0. The highest BCUT2D eigenvalue weighted by molar-refractivity contribution is 5.33. The molecular weight excluding hydrogens is 250 g/mol. The molecule has 0 radical (unpaired) electrons. The summed E-state index contributed by atoms with van der Waals surface area (Å²) in [6.07, 6.45) is 3.58. The maximum absolute atomic E-state index is 8.59. The topological polar surface area (TPSA) is 57.9 Å². The van der Waals surface area contributed by atoms with Crippen molar-refractivity contribution in [3.05, 3.63) is 59.9 Å². The Morgan fingerprint density at radius 2 is 2.00 bits per heavy atom. The SMILES string of the molecule is C[C@@H](NCc1ccccc1OCC#N)c1ccncc1. The van der Waals surface area contributed by atoms with Crippen LogP contribution >= 0.6 is 0 Å². The summed E-state index contributed by atoms with van der Waals surface area (Å²) in [4.78, 5) is 4.02. The Morgan fingerprint density at radius 3 is 2.75 bits per heavy atom. The number of ether oxygens (including phenoxy) is 1. The van der Waals surface area contributed by atoms with Crippen LogP contribution in [0.2, 0.25) is 0 Å². The lowest BCUT2D eigenvalue weighted by molar-refractivity contribution is 0.361. The first-order chi connectivity index (χ1) is 9.81. The summed E-state index contributed by atoms with van der Waals surface area (Å²) in [6.45, 7) is 2.86. The minimum absolute atomic E-state index is 0.0664. The Hall–Kier alpha value is -2.38. The van der Waals surface area contributed by atoms with E-state index >= 15 is 0 Å². The van der Waals surface area contributed by atoms with Crippen molar-refractivity contribution in [2.24, 2.45) is 0 Å².